The number of benzene rings is 1. The minimum absolute atomic E-state index is 0.00750. The van der Waals surface area contributed by atoms with Crippen LogP contribution in [0.5, 0.6) is 0 Å². The Morgan fingerprint density at radius 3 is 2.00 bits per heavy atom. The molecule has 0 saturated heterocycles. The van der Waals surface area contributed by atoms with E-state index >= 15 is 0 Å². The summed E-state index contributed by atoms with van der Waals surface area (Å²) in [6.07, 6.45) is 0. The van der Waals surface area contributed by atoms with Crippen molar-refractivity contribution in [1.82, 2.24) is 0 Å². The van der Waals surface area contributed by atoms with E-state index in [2.05, 4.69) is 0 Å². The third kappa shape index (κ3) is 3.82. The van der Waals surface area contributed by atoms with E-state index in [1.54, 1.807) is 13.8 Å². The quantitative estimate of drug-likeness (QED) is 0.896. The fourth-order valence-corrected chi connectivity index (χ4v) is 2.84. The number of rotatable bonds is 4. The van der Waals surface area contributed by atoms with Crippen LogP contribution in [0.25, 0.3) is 0 Å². The zero-order valence-electron chi connectivity index (χ0n) is 10.9. The standard InChI is InChI=1S/C13H21NO2S/c1-9(2)17(15,16)8-13(14)12-6-10(3)5-11(4)7-12/h5-7,9,13H,8,14H2,1-4H3. The highest BCUT2D eigenvalue weighted by Gasteiger charge is 2.21. The summed E-state index contributed by atoms with van der Waals surface area (Å²) in [6.45, 7) is 7.34. The van der Waals surface area contributed by atoms with Crippen molar-refractivity contribution in [1.29, 1.82) is 0 Å². The molecule has 4 heteroatoms. The topological polar surface area (TPSA) is 60.2 Å². The van der Waals surface area contributed by atoms with E-state index in [-0.39, 0.29) is 11.0 Å². The zero-order chi connectivity index (χ0) is 13.2. The SMILES string of the molecule is Cc1cc(C)cc(C(N)CS(=O)(=O)C(C)C)c1. The third-order valence-electron chi connectivity index (χ3n) is 2.80. The summed E-state index contributed by atoms with van der Waals surface area (Å²) in [7, 11) is -3.10. The average Bonchev–Trinajstić information content (AvgIpc) is 2.15. The lowest BCUT2D eigenvalue weighted by atomic mass is 10.0. The Morgan fingerprint density at radius 1 is 1.12 bits per heavy atom. The smallest absolute Gasteiger partial charge is 0.154 e. The Labute approximate surface area is 104 Å². The number of nitrogens with two attached hydrogens (primary N) is 1. The molecule has 1 aromatic rings. The van der Waals surface area contributed by atoms with Crippen molar-refractivity contribution < 1.29 is 8.42 Å². The van der Waals surface area contributed by atoms with Gasteiger partial charge in [-0.05, 0) is 33.3 Å². The van der Waals surface area contributed by atoms with Crippen LogP contribution in [-0.2, 0) is 9.84 Å². The van der Waals surface area contributed by atoms with E-state index in [9.17, 15) is 8.42 Å². The number of hydrogen-bond acceptors (Lipinski definition) is 3. The van der Waals surface area contributed by atoms with Crippen LogP contribution >= 0.6 is 0 Å². The minimum Gasteiger partial charge on any atom is -0.323 e. The van der Waals surface area contributed by atoms with Crippen LogP contribution in [0.1, 0.15) is 36.6 Å². The van der Waals surface area contributed by atoms with E-state index in [4.69, 9.17) is 5.73 Å². The second-order valence-electron chi connectivity index (χ2n) is 4.91. The Balaban J connectivity index is 2.94. The molecule has 0 aliphatic heterocycles. The third-order valence-corrected chi connectivity index (χ3v) is 5.06. The molecule has 1 atom stereocenters. The van der Waals surface area contributed by atoms with Gasteiger partial charge in [0.2, 0.25) is 0 Å². The van der Waals surface area contributed by atoms with Gasteiger partial charge in [-0.3, -0.25) is 0 Å². The Morgan fingerprint density at radius 2 is 1.59 bits per heavy atom. The van der Waals surface area contributed by atoms with Crippen molar-refractivity contribution in [2.24, 2.45) is 5.73 Å². The molecule has 0 amide bonds. The second-order valence-corrected chi connectivity index (χ2v) is 7.51. The molecule has 0 spiro atoms. The summed E-state index contributed by atoms with van der Waals surface area (Å²) >= 11 is 0. The fourth-order valence-electron chi connectivity index (χ4n) is 1.76. The predicted molar refractivity (Wildman–Crippen MR) is 71.8 cm³/mol. The lowest BCUT2D eigenvalue weighted by Crippen LogP contribution is -2.27. The van der Waals surface area contributed by atoms with E-state index < -0.39 is 15.9 Å². The van der Waals surface area contributed by atoms with Crippen molar-refractivity contribution in [3.8, 4) is 0 Å². The van der Waals surface area contributed by atoms with Crippen molar-refractivity contribution in [2.45, 2.75) is 39.0 Å². The first-order chi connectivity index (χ1) is 7.72. The zero-order valence-corrected chi connectivity index (χ0v) is 11.7. The van der Waals surface area contributed by atoms with E-state index in [0.717, 1.165) is 16.7 Å². The maximum atomic E-state index is 11.8. The van der Waals surface area contributed by atoms with Crippen LogP contribution < -0.4 is 5.73 Å². The summed E-state index contributed by atoms with van der Waals surface area (Å²) in [5, 5.41) is -0.376. The van der Waals surface area contributed by atoms with Crippen LogP contribution in [0.2, 0.25) is 0 Å². The lowest BCUT2D eigenvalue weighted by Gasteiger charge is -2.15. The van der Waals surface area contributed by atoms with Gasteiger partial charge in [0, 0.05) is 6.04 Å². The molecular weight excluding hydrogens is 234 g/mol. The van der Waals surface area contributed by atoms with Crippen molar-refractivity contribution in [3.63, 3.8) is 0 Å². The van der Waals surface area contributed by atoms with Gasteiger partial charge < -0.3 is 5.73 Å². The molecule has 0 saturated carbocycles. The Kier molecular flexibility index (Phi) is 4.33. The Bertz CT molecular complexity index is 472. The van der Waals surface area contributed by atoms with Crippen LogP contribution in [-0.4, -0.2) is 19.4 Å². The van der Waals surface area contributed by atoms with Gasteiger partial charge in [-0.2, -0.15) is 0 Å². The molecular formula is C13H21NO2S. The molecule has 1 aromatic carbocycles. The van der Waals surface area contributed by atoms with Gasteiger partial charge in [0.25, 0.3) is 0 Å². The molecule has 0 fully saturated rings. The largest absolute Gasteiger partial charge is 0.323 e. The molecule has 0 aromatic heterocycles. The highest BCUT2D eigenvalue weighted by atomic mass is 32.2. The maximum Gasteiger partial charge on any atom is 0.154 e. The first-order valence-corrected chi connectivity index (χ1v) is 7.49. The van der Waals surface area contributed by atoms with E-state index in [1.165, 1.54) is 0 Å². The summed E-state index contributed by atoms with van der Waals surface area (Å²) in [5.74, 6) is 0.00750. The fraction of sp³-hybridized carbons (Fsp3) is 0.538. The summed E-state index contributed by atoms with van der Waals surface area (Å²) < 4.78 is 23.6. The van der Waals surface area contributed by atoms with E-state index in [0.29, 0.717) is 0 Å². The van der Waals surface area contributed by atoms with Gasteiger partial charge >= 0.3 is 0 Å². The molecule has 0 aliphatic carbocycles. The highest BCUT2D eigenvalue weighted by Crippen LogP contribution is 2.18. The molecule has 0 radical (unpaired) electrons. The predicted octanol–water partition coefficient (Wildman–Crippen LogP) is 2.13. The molecule has 0 heterocycles. The average molecular weight is 255 g/mol. The van der Waals surface area contributed by atoms with Crippen molar-refractivity contribution in [3.05, 3.63) is 34.9 Å². The first kappa shape index (κ1) is 14.2. The number of hydrogen-bond donors (Lipinski definition) is 1. The Hall–Kier alpha value is -0.870. The van der Waals surface area contributed by atoms with Gasteiger partial charge in [-0.25, -0.2) is 8.42 Å². The lowest BCUT2D eigenvalue weighted by molar-refractivity contribution is 0.580. The molecule has 17 heavy (non-hydrogen) atoms. The molecule has 0 aliphatic rings. The van der Waals surface area contributed by atoms with Gasteiger partial charge in [0.15, 0.2) is 9.84 Å². The number of aryl methyl sites for hydroxylation is 2. The van der Waals surface area contributed by atoms with Crippen molar-refractivity contribution >= 4 is 9.84 Å². The first-order valence-electron chi connectivity index (χ1n) is 5.77. The maximum absolute atomic E-state index is 11.8. The van der Waals surface area contributed by atoms with Gasteiger partial charge in [0.05, 0.1) is 11.0 Å². The van der Waals surface area contributed by atoms with Crippen LogP contribution in [0.3, 0.4) is 0 Å². The van der Waals surface area contributed by atoms with Crippen LogP contribution in [0.15, 0.2) is 18.2 Å². The molecule has 1 rings (SSSR count). The molecule has 2 N–H and O–H groups in total. The molecule has 1 unspecified atom stereocenters. The van der Waals surface area contributed by atoms with Crippen LogP contribution in [0.4, 0.5) is 0 Å². The summed E-state index contributed by atoms with van der Waals surface area (Å²) in [5.41, 5.74) is 9.09. The minimum atomic E-state index is -3.10. The normalized spacial score (nSPS) is 14.0. The molecule has 3 nitrogen and oxygen atoms in total. The van der Waals surface area contributed by atoms with Crippen molar-refractivity contribution in [2.75, 3.05) is 5.75 Å². The van der Waals surface area contributed by atoms with Gasteiger partial charge in [-0.15, -0.1) is 0 Å². The molecule has 0 bridgehead atoms. The molecule has 96 valence electrons. The highest BCUT2D eigenvalue weighted by molar-refractivity contribution is 7.92. The monoisotopic (exact) mass is 255 g/mol. The number of sulfone groups is 1. The van der Waals surface area contributed by atoms with Gasteiger partial charge in [0.1, 0.15) is 0 Å². The van der Waals surface area contributed by atoms with Crippen LogP contribution in [0, 0.1) is 13.8 Å². The van der Waals surface area contributed by atoms with Gasteiger partial charge in [-0.1, -0.05) is 29.3 Å². The summed E-state index contributed by atoms with van der Waals surface area (Å²) in [4.78, 5) is 0. The second kappa shape index (κ2) is 5.19. The summed E-state index contributed by atoms with van der Waals surface area (Å²) in [6, 6.07) is 5.51. The van der Waals surface area contributed by atoms with E-state index in [1.807, 2.05) is 32.0 Å².